The summed E-state index contributed by atoms with van der Waals surface area (Å²) in [7, 11) is 1.25. The summed E-state index contributed by atoms with van der Waals surface area (Å²) < 4.78 is 9.63. The van der Waals surface area contributed by atoms with Gasteiger partial charge in [0, 0.05) is 6.42 Å². The van der Waals surface area contributed by atoms with E-state index in [1.165, 1.54) is 19.2 Å². The number of hydrogen-bond donors (Lipinski definition) is 2. The SMILES string of the molecule is CCCCOC(=O)NC(Cc1cccc(O)c1)C(=O)OC. The molecule has 0 aliphatic carbocycles. The Kier molecular flexibility index (Phi) is 7.08. The number of carbonyl (C=O) groups is 2. The van der Waals surface area contributed by atoms with Crippen LogP contribution in [0.1, 0.15) is 25.3 Å². The van der Waals surface area contributed by atoms with Gasteiger partial charge in [-0.2, -0.15) is 0 Å². The Morgan fingerprint density at radius 3 is 2.76 bits per heavy atom. The van der Waals surface area contributed by atoms with Gasteiger partial charge >= 0.3 is 12.1 Å². The van der Waals surface area contributed by atoms with Crippen LogP contribution in [0.3, 0.4) is 0 Å². The number of benzene rings is 1. The Balaban J connectivity index is 2.63. The first-order chi connectivity index (χ1) is 10.1. The zero-order valence-electron chi connectivity index (χ0n) is 12.3. The summed E-state index contributed by atoms with van der Waals surface area (Å²) in [5.74, 6) is -0.465. The molecule has 0 aliphatic heterocycles. The van der Waals surface area contributed by atoms with Crippen molar-refractivity contribution in [3.63, 3.8) is 0 Å². The van der Waals surface area contributed by atoms with E-state index in [2.05, 4.69) is 10.1 Å². The topological polar surface area (TPSA) is 84.9 Å². The molecule has 0 radical (unpaired) electrons. The van der Waals surface area contributed by atoms with Crippen molar-refractivity contribution in [2.45, 2.75) is 32.2 Å². The lowest BCUT2D eigenvalue weighted by atomic mass is 10.1. The van der Waals surface area contributed by atoms with Crippen molar-refractivity contribution in [1.29, 1.82) is 0 Å². The maximum Gasteiger partial charge on any atom is 0.407 e. The lowest BCUT2D eigenvalue weighted by Gasteiger charge is -2.16. The van der Waals surface area contributed by atoms with Gasteiger partial charge in [0.15, 0.2) is 0 Å². The standard InChI is InChI=1S/C15H21NO5/c1-3-4-8-21-15(19)16-13(14(18)20-2)10-11-6-5-7-12(17)9-11/h5-7,9,13,17H,3-4,8,10H2,1-2H3,(H,16,19). The Labute approximate surface area is 124 Å². The number of methoxy groups -OCH3 is 1. The molecule has 0 bridgehead atoms. The first kappa shape index (κ1) is 16.8. The highest BCUT2D eigenvalue weighted by atomic mass is 16.6. The van der Waals surface area contributed by atoms with E-state index in [0.717, 1.165) is 12.8 Å². The van der Waals surface area contributed by atoms with Crippen LogP contribution in [0.2, 0.25) is 0 Å². The first-order valence-corrected chi connectivity index (χ1v) is 6.85. The normalized spacial score (nSPS) is 11.5. The second-order valence-corrected chi connectivity index (χ2v) is 4.58. The van der Waals surface area contributed by atoms with Crippen LogP contribution in [0.5, 0.6) is 5.75 Å². The fraction of sp³-hybridized carbons (Fsp3) is 0.467. The minimum atomic E-state index is -0.856. The molecule has 0 aliphatic rings. The number of phenols is 1. The van der Waals surface area contributed by atoms with Crippen LogP contribution in [0, 0.1) is 0 Å². The number of carbonyl (C=O) groups excluding carboxylic acids is 2. The molecule has 21 heavy (non-hydrogen) atoms. The number of unbranched alkanes of at least 4 members (excludes halogenated alkanes) is 1. The van der Waals surface area contributed by atoms with E-state index in [0.29, 0.717) is 12.2 Å². The molecule has 0 aromatic heterocycles. The molecule has 1 amide bonds. The molecule has 6 heteroatoms. The van der Waals surface area contributed by atoms with Gasteiger partial charge in [0.1, 0.15) is 11.8 Å². The van der Waals surface area contributed by atoms with Crippen LogP contribution < -0.4 is 5.32 Å². The zero-order valence-corrected chi connectivity index (χ0v) is 12.3. The van der Waals surface area contributed by atoms with Gasteiger partial charge in [0.05, 0.1) is 13.7 Å². The average molecular weight is 295 g/mol. The molecule has 1 aromatic carbocycles. The molecule has 0 heterocycles. The molecular weight excluding hydrogens is 274 g/mol. The minimum Gasteiger partial charge on any atom is -0.508 e. The third-order valence-corrected chi connectivity index (χ3v) is 2.86. The van der Waals surface area contributed by atoms with Gasteiger partial charge in [0.25, 0.3) is 0 Å². The van der Waals surface area contributed by atoms with Crippen molar-refractivity contribution in [3.8, 4) is 5.75 Å². The molecule has 6 nitrogen and oxygen atoms in total. The second kappa shape index (κ2) is 8.84. The van der Waals surface area contributed by atoms with E-state index in [4.69, 9.17) is 4.74 Å². The summed E-state index contributed by atoms with van der Waals surface area (Å²) in [5.41, 5.74) is 0.708. The molecule has 1 aromatic rings. The quantitative estimate of drug-likeness (QED) is 0.593. The number of hydrogen-bond acceptors (Lipinski definition) is 5. The van der Waals surface area contributed by atoms with Gasteiger partial charge in [-0.1, -0.05) is 25.5 Å². The van der Waals surface area contributed by atoms with E-state index in [-0.39, 0.29) is 12.2 Å². The Bertz CT molecular complexity index is 475. The van der Waals surface area contributed by atoms with Crippen molar-refractivity contribution in [2.75, 3.05) is 13.7 Å². The summed E-state index contributed by atoms with van der Waals surface area (Å²) in [6.45, 7) is 2.29. The summed E-state index contributed by atoms with van der Waals surface area (Å²) in [4.78, 5) is 23.3. The average Bonchev–Trinajstić information content (AvgIpc) is 2.46. The molecule has 0 saturated carbocycles. The van der Waals surface area contributed by atoms with Gasteiger partial charge in [-0.3, -0.25) is 0 Å². The Morgan fingerprint density at radius 1 is 1.38 bits per heavy atom. The molecule has 0 saturated heterocycles. The minimum absolute atomic E-state index is 0.0987. The molecule has 116 valence electrons. The lowest BCUT2D eigenvalue weighted by Crippen LogP contribution is -2.43. The van der Waals surface area contributed by atoms with Crippen LogP contribution in [0.4, 0.5) is 4.79 Å². The van der Waals surface area contributed by atoms with Crippen molar-refractivity contribution in [1.82, 2.24) is 5.32 Å². The van der Waals surface area contributed by atoms with E-state index >= 15 is 0 Å². The molecule has 1 rings (SSSR count). The van der Waals surface area contributed by atoms with Crippen LogP contribution >= 0.6 is 0 Å². The van der Waals surface area contributed by atoms with Gasteiger partial charge in [-0.15, -0.1) is 0 Å². The number of alkyl carbamates (subject to hydrolysis) is 1. The number of amides is 1. The summed E-state index contributed by atoms with van der Waals surface area (Å²) in [6.07, 6.45) is 1.24. The van der Waals surface area contributed by atoms with E-state index in [9.17, 15) is 14.7 Å². The third kappa shape index (κ3) is 6.16. The van der Waals surface area contributed by atoms with Gasteiger partial charge < -0.3 is 19.9 Å². The lowest BCUT2D eigenvalue weighted by molar-refractivity contribution is -0.143. The van der Waals surface area contributed by atoms with Crippen LogP contribution in [0.25, 0.3) is 0 Å². The smallest absolute Gasteiger partial charge is 0.407 e. The fourth-order valence-electron chi connectivity index (χ4n) is 1.75. The highest BCUT2D eigenvalue weighted by Gasteiger charge is 2.22. The molecule has 2 N–H and O–H groups in total. The predicted molar refractivity (Wildman–Crippen MR) is 77.0 cm³/mol. The highest BCUT2D eigenvalue weighted by molar-refractivity contribution is 5.81. The van der Waals surface area contributed by atoms with Gasteiger partial charge in [-0.05, 0) is 24.1 Å². The fourth-order valence-corrected chi connectivity index (χ4v) is 1.75. The zero-order chi connectivity index (χ0) is 15.7. The number of ether oxygens (including phenoxy) is 2. The van der Waals surface area contributed by atoms with Crippen molar-refractivity contribution in [2.24, 2.45) is 0 Å². The van der Waals surface area contributed by atoms with Gasteiger partial charge in [0.2, 0.25) is 0 Å². The second-order valence-electron chi connectivity index (χ2n) is 4.58. The number of esters is 1. The molecule has 0 spiro atoms. The molecular formula is C15H21NO5. The predicted octanol–water partition coefficient (Wildman–Crippen LogP) is 2.00. The summed E-state index contributed by atoms with van der Waals surface area (Å²) in [6, 6.07) is 5.62. The molecule has 1 unspecified atom stereocenters. The molecule has 1 atom stereocenters. The van der Waals surface area contributed by atoms with Crippen LogP contribution in [-0.2, 0) is 20.7 Å². The third-order valence-electron chi connectivity index (χ3n) is 2.86. The first-order valence-electron chi connectivity index (χ1n) is 6.85. The highest BCUT2D eigenvalue weighted by Crippen LogP contribution is 2.13. The Hall–Kier alpha value is -2.24. The van der Waals surface area contributed by atoms with Crippen LogP contribution in [0.15, 0.2) is 24.3 Å². The monoisotopic (exact) mass is 295 g/mol. The summed E-state index contributed by atoms with van der Waals surface area (Å²) >= 11 is 0. The maximum absolute atomic E-state index is 11.7. The largest absolute Gasteiger partial charge is 0.508 e. The van der Waals surface area contributed by atoms with Crippen molar-refractivity contribution >= 4 is 12.1 Å². The van der Waals surface area contributed by atoms with Crippen molar-refractivity contribution < 1.29 is 24.2 Å². The maximum atomic E-state index is 11.7. The van der Waals surface area contributed by atoms with Crippen molar-refractivity contribution in [3.05, 3.63) is 29.8 Å². The Morgan fingerprint density at radius 2 is 2.14 bits per heavy atom. The summed E-state index contributed by atoms with van der Waals surface area (Å²) in [5, 5.41) is 11.9. The van der Waals surface area contributed by atoms with Crippen LogP contribution in [-0.4, -0.2) is 36.9 Å². The van der Waals surface area contributed by atoms with E-state index < -0.39 is 18.1 Å². The van der Waals surface area contributed by atoms with E-state index in [1.807, 2.05) is 6.92 Å². The number of aromatic hydroxyl groups is 1. The van der Waals surface area contributed by atoms with Gasteiger partial charge in [-0.25, -0.2) is 9.59 Å². The molecule has 0 fully saturated rings. The van der Waals surface area contributed by atoms with E-state index in [1.54, 1.807) is 12.1 Å². The number of nitrogens with one attached hydrogen (secondary N) is 1. The number of rotatable bonds is 7. The number of phenolic OH excluding ortho intramolecular Hbond substituents is 1.